The molecule has 1 aliphatic heterocycles. The SMILES string of the molecule is CCCC(=O)c1cccc(C(=O)c2ccc3[nH]c(N)c(C4CCN(C)CC4)c3n2)c1. The van der Waals surface area contributed by atoms with Crippen LogP contribution in [-0.2, 0) is 0 Å². The number of H-pyrrole nitrogens is 1. The van der Waals surface area contributed by atoms with Gasteiger partial charge in [0.25, 0.3) is 0 Å². The third kappa shape index (κ3) is 3.87. The third-order valence-electron chi connectivity index (χ3n) is 5.99. The lowest BCUT2D eigenvalue weighted by Gasteiger charge is -2.28. The average Bonchev–Trinajstić information content (AvgIpc) is 3.09. The molecule has 0 saturated carbocycles. The molecule has 3 N–H and O–H groups in total. The molecule has 30 heavy (non-hydrogen) atoms. The summed E-state index contributed by atoms with van der Waals surface area (Å²) in [6.07, 6.45) is 3.30. The van der Waals surface area contributed by atoms with Gasteiger partial charge in [0.15, 0.2) is 5.78 Å². The number of nitrogens with one attached hydrogen (secondary N) is 1. The molecule has 1 aliphatic rings. The van der Waals surface area contributed by atoms with E-state index in [0.29, 0.717) is 35.0 Å². The fourth-order valence-electron chi connectivity index (χ4n) is 4.30. The summed E-state index contributed by atoms with van der Waals surface area (Å²) in [6.45, 7) is 4.01. The smallest absolute Gasteiger partial charge is 0.211 e. The molecule has 0 radical (unpaired) electrons. The minimum absolute atomic E-state index is 0.0542. The van der Waals surface area contributed by atoms with Gasteiger partial charge in [-0.25, -0.2) is 4.98 Å². The molecule has 0 unspecified atom stereocenters. The third-order valence-corrected chi connectivity index (χ3v) is 5.99. The number of ketones is 2. The van der Waals surface area contributed by atoms with E-state index < -0.39 is 0 Å². The molecule has 1 saturated heterocycles. The van der Waals surface area contributed by atoms with Crippen molar-refractivity contribution in [1.29, 1.82) is 0 Å². The zero-order valence-corrected chi connectivity index (χ0v) is 17.6. The van der Waals surface area contributed by atoms with E-state index in [1.165, 1.54) is 0 Å². The maximum absolute atomic E-state index is 13.1. The Morgan fingerprint density at radius 1 is 1.17 bits per heavy atom. The number of fused-ring (bicyclic) bond motifs is 1. The van der Waals surface area contributed by atoms with E-state index in [9.17, 15) is 9.59 Å². The van der Waals surface area contributed by atoms with Crippen molar-refractivity contribution in [1.82, 2.24) is 14.9 Å². The summed E-state index contributed by atoms with van der Waals surface area (Å²) >= 11 is 0. The molecular weight excluding hydrogens is 376 g/mol. The number of benzene rings is 1. The highest BCUT2D eigenvalue weighted by Crippen LogP contribution is 2.36. The molecule has 156 valence electrons. The number of hydrogen-bond acceptors (Lipinski definition) is 5. The first kappa shape index (κ1) is 20.3. The molecule has 6 heteroatoms. The van der Waals surface area contributed by atoms with Crippen molar-refractivity contribution < 1.29 is 9.59 Å². The van der Waals surface area contributed by atoms with Crippen LogP contribution in [0.3, 0.4) is 0 Å². The molecule has 1 fully saturated rings. The highest BCUT2D eigenvalue weighted by molar-refractivity contribution is 6.10. The Morgan fingerprint density at radius 3 is 2.63 bits per heavy atom. The summed E-state index contributed by atoms with van der Waals surface area (Å²) in [7, 11) is 2.13. The topological polar surface area (TPSA) is 92.1 Å². The quantitative estimate of drug-likeness (QED) is 0.602. The monoisotopic (exact) mass is 404 g/mol. The normalized spacial score (nSPS) is 15.5. The summed E-state index contributed by atoms with van der Waals surface area (Å²) in [5, 5.41) is 0. The minimum atomic E-state index is -0.183. The predicted octanol–water partition coefficient (Wildman–Crippen LogP) is 4.17. The number of nitrogens with zero attached hydrogens (tertiary/aromatic N) is 2. The number of pyridine rings is 1. The number of aromatic nitrogens is 2. The first-order valence-electron chi connectivity index (χ1n) is 10.6. The number of aromatic amines is 1. The summed E-state index contributed by atoms with van der Waals surface area (Å²) in [4.78, 5) is 35.6. The van der Waals surface area contributed by atoms with Crippen molar-refractivity contribution >= 4 is 28.4 Å². The number of Topliss-reactive ketones (excluding diaryl/α,β-unsaturated/α-hetero) is 1. The second-order valence-corrected chi connectivity index (χ2v) is 8.21. The van der Waals surface area contributed by atoms with Gasteiger partial charge in [0, 0.05) is 23.1 Å². The lowest BCUT2D eigenvalue weighted by molar-refractivity contribution is 0.0981. The summed E-state index contributed by atoms with van der Waals surface area (Å²) in [6, 6.07) is 10.5. The number of carbonyl (C=O) groups excluding carboxylic acids is 2. The van der Waals surface area contributed by atoms with Gasteiger partial charge in [-0.3, -0.25) is 9.59 Å². The molecular formula is C24H28N4O2. The Morgan fingerprint density at radius 2 is 1.90 bits per heavy atom. The molecule has 3 aromatic rings. The maximum Gasteiger partial charge on any atom is 0.211 e. The van der Waals surface area contributed by atoms with Gasteiger partial charge in [-0.05, 0) is 63.5 Å². The fourth-order valence-corrected chi connectivity index (χ4v) is 4.30. The second kappa shape index (κ2) is 8.40. The number of nitrogen functional groups attached to an aromatic ring is 1. The molecule has 0 aliphatic carbocycles. The van der Waals surface area contributed by atoms with Gasteiger partial charge in [-0.1, -0.05) is 25.1 Å². The van der Waals surface area contributed by atoms with E-state index >= 15 is 0 Å². The molecule has 4 rings (SSSR count). The van der Waals surface area contributed by atoms with Crippen LogP contribution < -0.4 is 5.73 Å². The number of piperidine rings is 1. The van der Waals surface area contributed by atoms with Gasteiger partial charge in [0.2, 0.25) is 5.78 Å². The molecule has 2 aromatic heterocycles. The molecule has 0 spiro atoms. The van der Waals surface area contributed by atoms with E-state index in [2.05, 4.69) is 16.9 Å². The Bertz CT molecular complexity index is 1090. The Labute approximate surface area is 176 Å². The Kier molecular flexibility index (Phi) is 5.68. The van der Waals surface area contributed by atoms with Crippen molar-refractivity contribution in [3.05, 3.63) is 58.8 Å². The molecule has 6 nitrogen and oxygen atoms in total. The van der Waals surface area contributed by atoms with Crippen LogP contribution in [0.2, 0.25) is 0 Å². The standard InChI is InChI=1S/C24H28N4O2/c1-3-5-20(29)16-6-4-7-17(14-16)23(30)19-9-8-18-22(26-19)21(24(25)27-18)15-10-12-28(2)13-11-15/h4,6-9,14-15,27H,3,5,10-13,25H2,1-2H3. The molecule has 0 amide bonds. The largest absolute Gasteiger partial charge is 0.385 e. The van der Waals surface area contributed by atoms with Crippen LogP contribution in [-0.4, -0.2) is 46.6 Å². The summed E-state index contributed by atoms with van der Waals surface area (Å²) in [5.74, 6) is 0.849. The van der Waals surface area contributed by atoms with Crippen LogP contribution >= 0.6 is 0 Å². The van der Waals surface area contributed by atoms with Crippen molar-refractivity contribution in [2.75, 3.05) is 25.9 Å². The highest BCUT2D eigenvalue weighted by Gasteiger charge is 2.25. The number of likely N-dealkylation sites (tertiary alicyclic amines) is 1. The molecule has 3 heterocycles. The molecule has 0 bridgehead atoms. The van der Waals surface area contributed by atoms with Gasteiger partial charge < -0.3 is 15.6 Å². The summed E-state index contributed by atoms with van der Waals surface area (Å²) in [5.41, 5.74) is 10.4. The van der Waals surface area contributed by atoms with E-state index in [1.807, 2.05) is 13.0 Å². The van der Waals surface area contributed by atoms with Crippen LogP contribution in [0.15, 0.2) is 36.4 Å². The number of nitrogens with two attached hydrogens (primary N) is 1. The minimum Gasteiger partial charge on any atom is -0.385 e. The van der Waals surface area contributed by atoms with Gasteiger partial charge in [-0.2, -0.15) is 0 Å². The average molecular weight is 405 g/mol. The van der Waals surface area contributed by atoms with Crippen molar-refractivity contribution in [2.24, 2.45) is 0 Å². The number of hydrogen-bond donors (Lipinski definition) is 2. The van der Waals surface area contributed by atoms with E-state index in [-0.39, 0.29) is 11.6 Å². The predicted molar refractivity (Wildman–Crippen MR) is 119 cm³/mol. The van der Waals surface area contributed by atoms with Crippen LogP contribution in [0, 0.1) is 0 Å². The van der Waals surface area contributed by atoms with E-state index in [1.54, 1.807) is 30.3 Å². The van der Waals surface area contributed by atoms with Crippen LogP contribution in [0.5, 0.6) is 0 Å². The van der Waals surface area contributed by atoms with E-state index in [4.69, 9.17) is 10.7 Å². The first-order valence-corrected chi connectivity index (χ1v) is 10.6. The number of rotatable bonds is 6. The molecule has 1 aromatic carbocycles. The number of anilines is 1. The first-order chi connectivity index (χ1) is 14.5. The Balaban J connectivity index is 1.68. The second-order valence-electron chi connectivity index (χ2n) is 8.21. The zero-order chi connectivity index (χ0) is 21.3. The highest BCUT2D eigenvalue weighted by atomic mass is 16.1. The van der Waals surface area contributed by atoms with Crippen molar-refractivity contribution in [3.63, 3.8) is 0 Å². The fraction of sp³-hybridized carbons (Fsp3) is 0.375. The Hall–Kier alpha value is -2.99. The van der Waals surface area contributed by atoms with Crippen LogP contribution in [0.25, 0.3) is 11.0 Å². The zero-order valence-electron chi connectivity index (χ0n) is 17.6. The lowest BCUT2D eigenvalue weighted by Crippen LogP contribution is -2.29. The van der Waals surface area contributed by atoms with Gasteiger partial charge >= 0.3 is 0 Å². The van der Waals surface area contributed by atoms with Gasteiger partial charge in [0.05, 0.1) is 11.0 Å². The summed E-state index contributed by atoms with van der Waals surface area (Å²) < 4.78 is 0. The van der Waals surface area contributed by atoms with Gasteiger partial charge in [-0.15, -0.1) is 0 Å². The van der Waals surface area contributed by atoms with Gasteiger partial charge in [0.1, 0.15) is 11.5 Å². The van der Waals surface area contributed by atoms with Crippen molar-refractivity contribution in [3.8, 4) is 0 Å². The van der Waals surface area contributed by atoms with Crippen molar-refractivity contribution in [2.45, 2.75) is 38.5 Å². The van der Waals surface area contributed by atoms with Crippen LogP contribution in [0.4, 0.5) is 5.82 Å². The maximum atomic E-state index is 13.1. The van der Waals surface area contributed by atoms with Crippen LogP contribution in [0.1, 0.15) is 70.5 Å². The number of carbonyl (C=O) groups is 2. The lowest BCUT2D eigenvalue weighted by atomic mass is 9.90. The molecule has 0 atom stereocenters. The van der Waals surface area contributed by atoms with E-state index in [0.717, 1.165) is 48.9 Å².